The summed E-state index contributed by atoms with van der Waals surface area (Å²) in [6, 6.07) is 20.2. The van der Waals surface area contributed by atoms with Crippen LogP contribution in [0.1, 0.15) is 115 Å². The molecule has 0 bridgehead atoms. The lowest BCUT2D eigenvalue weighted by molar-refractivity contribution is -0.183. The fraction of sp³-hybridized carbons (Fsp3) is 0.641. The summed E-state index contributed by atoms with van der Waals surface area (Å²) in [4.78, 5) is 28.9. The molecule has 0 N–H and O–H groups in total. The van der Waals surface area contributed by atoms with Crippen LogP contribution in [-0.2, 0) is 31.9 Å². The standard InChI is InChI=1S/C39H56O4/c1-4-38(36(40)42-6-3,29-31-19-11-7-12-20-31)39(5-2,30-32-21-13-8-14-22-32)37(41)43-28-27-35(33-23-15-9-16-24-33)34-25-17-10-18-26-34/h7-8,11-14,19-22,33-35H,4-6,9-10,15-18,23-30H2,1-3H3. The second-order valence-electron chi connectivity index (χ2n) is 13.3. The third kappa shape index (κ3) is 7.91. The van der Waals surface area contributed by atoms with Gasteiger partial charge in [0.15, 0.2) is 0 Å². The summed E-state index contributed by atoms with van der Waals surface area (Å²) in [5, 5.41) is 0. The highest BCUT2D eigenvalue weighted by atomic mass is 16.5. The lowest BCUT2D eigenvalue weighted by atomic mass is 9.55. The molecule has 0 aromatic heterocycles. The molecule has 4 nitrogen and oxygen atoms in total. The number of hydrogen-bond acceptors (Lipinski definition) is 4. The molecule has 4 heteroatoms. The maximum Gasteiger partial charge on any atom is 0.313 e. The zero-order valence-corrected chi connectivity index (χ0v) is 27.2. The first-order valence-corrected chi connectivity index (χ1v) is 17.4. The second kappa shape index (κ2) is 16.5. The minimum absolute atomic E-state index is 0.240. The minimum Gasteiger partial charge on any atom is -0.466 e. The first kappa shape index (κ1) is 33.3. The molecule has 236 valence electrons. The van der Waals surface area contributed by atoms with Gasteiger partial charge in [0.25, 0.3) is 0 Å². The van der Waals surface area contributed by atoms with Crippen LogP contribution in [0.4, 0.5) is 0 Å². The monoisotopic (exact) mass is 588 g/mol. The van der Waals surface area contributed by atoms with E-state index in [4.69, 9.17) is 9.47 Å². The Balaban J connectivity index is 1.66. The fourth-order valence-corrected chi connectivity index (χ4v) is 8.65. The number of esters is 2. The molecule has 2 unspecified atom stereocenters. The van der Waals surface area contributed by atoms with E-state index in [0.29, 0.717) is 38.2 Å². The third-order valence-electron chi connectivity index (χ3n) is 11.1. The van der Waals surface area contributed by atoms with Crippen molar-refractivity contribution in [2.75, 3.05) is 13.2 Å². The van der Waals surface area contributed by atoms with Crippen LogP contribution >= 0.6 is 0 Å². The van der Waals surface area contributed by atoms with Crippen LogP contribution in [0.3, 0.4) is 0 Å². The molecular weight excluding hydrogens is 532 g/mol. The number of rotatable bonds is 15. The molecule has 2 aliphatic carbocycles. The molecule has 0 heterocycles. The van der Waals surface area contributed by atoms with Crippen molar-refractivity contribution in [3.8, 4) is 0 Å². The number of benzene rings is 2. The number of carbonyl (C=O) groups is 2. The molecule has 2 aromatic rings. The predicted octanol–water partition coefficient (Wildman–Crippen LogP) is 9.54. The molecule has 0 aliphatic heterocycles. The van der Waals surface area contributed by atoms with Gasteiger partial charge < -0.3 is 9.47 Å². The van der Waals surface area contributed by atoms with Crippen molar-refractivity contribution < 1.29 is 19.1 Å². The van der Waals surface area contributed by atoms with Crippen LogP contribution in [0.2, 0.25) is 0 Å². The van der Waals surface area contributed by atoms with Crippen molar-refractivity contribution in [2.24, 2.45) is 28.6 Å². The topological polar surface area (TPSA) is 52.6 Å². The Morgan fingerprint density at radius 1 is 0.651 bits per heavy atom. The Morgan fingerprint density at radius 3 is 1.47 bits per heavy atom. The van der Waals surface area contributed by atoms with E-state index in [9.17, 15) is 9.59 Å². The van der Waals surface area contributed by atoms with Gasteiger partial charge in [0, 0.05) is 0 Å². The summed E-state index contributed by atoms with van der Waals surface area (Å²) in [7, 11) is 0. The van der Waals surface area contributed by atoms with E-state index in [0.717, 1.165) is 29.4 Å². The van der Waals surface area contributed by atoms with Gasteiger partial charge in [0.05, 0.1) is 24.0 Å². The Hall–Kier alpha value is -2.62. The molecule has 2 saturated carbocycles. The van der Waals surface area contributed by atoms with E-state index in [2.05, 4.69) is 24.3 Å². The van der Waals surface area contributed by atoms with Gasteiger partial charge in [0.1, 0.15) is 0 Å². The van der Waals surface area contributed by atoms with Crippen molar-refractivity contribution in [1.29, 1.82) is 0 Å². The van der Waals surface area contributed by atoms with Crippen LogP contribution in [0.25, 0.3) is 0 Å². The summed E-state index contributed by atoms with van der Waals surface area (Å²) in [5.41, 5.74) is -0.0429. The molecule has 43 heavy (non-hydrogen) atoms. The molecule has 2 fully saturated rings. The first-order chi connectivity index (χ1) is 21.0. The average molecular weight is 589 g/mol. The van der Waals surface area contributed by atoms with E-state index >= 15 is 0 Å². The molecular formula is C39H56O4. The highest BCUT2D eigenvalue weighted by molar-refractivity contribution is 5.89. The van der Waals surface area contributed by atoms with Gasteiger partial charge in [-0.15, -0.1) is 0 Å². The number of hydrogen-bond donors (Lipinski definition) is 0. The molecule has 0 spiro atoms. The van der Waals surface area contributed by atoms with Crippen LogP contribution in [0.5, 0.6) is 0 Å². The van der Waals surface area contributed by atoms with Gasteiger partial charge >= 0.3 is 11.9 Å². The minimum atomic E-state index is -1.06. The Labute approximate surface area is 261 Å². The van der Waals surface area contributed by atoms with Crippen LogP contribution in [-0.4, -0.2) is 25.2 Å². The fourth-order valence-electron chi connectivity index (χ4n) is 8.65. The van der Waals surface area contributed by atoms with E-state index in [1.165, 1.54) is 64.2 Å². The van der Waals surface area contributed by atoms with Crippen LogP contribution < -0.4 is 0 Å². The molecule has 0 saturated heterocycles. The zero-order chi connectivity index (χ0) is 30.5. The molecule has 2 aromatic carbocycles. The van der Waals surface area contributed by atoms with E-state index < -0.39 is 10.8 Å². The van der Waals surface area contributed by atoms with Gasteiger partial charge in [-0.25, -0.2) is 0 Å². The molecule has 2 aliphatic rings. The average Bonchev–Trinajstić information content (AvgIpc) is 3.06. The normalized spacial score (nSPS) is 19.3. The molecule has 4 rings (SSSR count). The van der Waals surface area contributed by atoms with Crippen molar-refractivity contribution in [2.45, 2.75) is 117 Å². The Kier molecular flexibility index (Phi) is 12.7. The zero-order valence-electron chi connectivity index (χ0n) is 27.2. The Bertz CT molecular complexity index is 1080. The number of carbonyl (C=O) groups excluding carboxylic acids is 2. The molecule has 2 atom stereocenters. The van der Waals surface area contributed by atoms with Crippen molar-refractivity contribution >= 4 is 11.9 Å². The van der Waals surface area contributed by atoms with Gasteiger partial charge in [-0.1, -0.05) is 139 Å². The number of ether oxygens (including phenoxy) is 2. The highest BCUT2D eigenvalue weighted by Crippen LogP contribution is 2.52. The first-order valence-electron chi connectivity index (χ1n) is 17.4. The highest BCUT2D eigenvalue weighted by Gasteiger charge is 2.60. The van der Waals surface area contributed by atoms with Gasteiger partial charge in [-0.2, -0.15) is 0 Å². The molecule has 0 amide bonds. The van der Waals surface area contributed by atoms with Gasteiger partial charge in [-0.3, -0.25) is 9.59 Å². The lowest BCUT2D eigenvalue weighted by Crippen LogP contribution is -2.56. The quantitative estimate of drug-likeness (QED) is 0.194. The van der Waals surface area contributed by atoms with Crippen molar-refractivity contribution in [3.05, 3.63) is 71.8 Å². The van der Waals surface area contributed by atoms with Gasteiger partial charge in [-0.05, 0) is 67.9 Å². The van der Waals surface area contributed by atoms with E-state index in [-0.39, 0.29) is 18.5 Å². The van der Waals surface area contributed by atoms with E-state index in [1.807, 2.05) is 57.2 Å². The molecule has 0 radical (unpaired) electrons. The van der Waals surface area contributed by atoms with E-state index in [1.54, 1.807) is 0 Å². The SMILES string of the molecule is CCOC(=O)C(CC)(Cc1ccccc1)C(CC)(Cc1ccccc1)C(=O)OCCC(C1CCCCC1)C1CCCCC1. The Morgan fingerprint density at radius 2 is 1.07 bits per heavy atom. The maximum absolute atomic E-state index is 14.7. The van der Waals surface area contributed by atoms with Crippen LogP contribution in [0.15, 0.2) is 60.7 Å². The lowest BCUT2D eigenvalue weighted by Gasteiger charge is -2.47. The maximum atomic E-state index is 14.7. The predicted molar refractivity (Wildman–Crippen MR) is 175 cm³/mol. The third-order valence-corrected chi connectivity index (χ3v) is 11.1. The second-order valence-corrected chi connectivity index (χ2v) is 13.3. The summed E-state index contributed by atoms with van der Waals surface area (Å²) in [6.07, 6.45) is 16.1. The summed E-state index contributed by atoms with van der Waals surface area (Å²) >= 11 is 0. The van der Waals surface area contributed by atoms with Crippen molar-refractivity contribution in [1.82, 2.24) is 0 Å². The largest absolute Gasteiger partial charge is 0.466 e. The summed E-state index contributed by atoms with van der Waals surface area (Å²) in [5.74, 6) is 1.60. The van der Waals surface area contributed by atoms with Crippen LogP contribution in [0, 0.1) is 28.6 Å². The van der Waals surface area contributed by atoms with Crippen molar-refractivity contribution in [3.63, 3.8) is 0 Å². The summed E-state index contributed by atoms with van der Waals surface area (Å²) < 4.78 is 12.2. The smallest absolute Gasteiger partial charge is 0.313 e. The van der Waals surface area contributed by atoms with Gasteiger partial charge in [0.2, 0.25) is 0 Å². The summed E-state index contributed by atoms with van der Waals surface area (Å²) in [6.45, 7) is 6.64.